The van der Waals surface area contributed by atoms with Gasteiger partial charge in [0.2, 0.25) is 0 Å². The maximum Gasteiger partial charge on any atom is 0.410 e. The van der Waals surface area contributed by atoms with Gasteiger partial charge in [0, 0.05) is 39.8 Å². The Kier molecular flexibility index (Phi) is 5.36. The van der Waals surface area contributed by atoms with Gasteiger partial charge in [-0.2, -0.15) is 0 Å². The molecule has 0 radical (unpaired) electrons. The zero-order valence-electron chi connectivity index (χ0n) is 14.4. The van der Waals surface area contributed by atoms with E-state index in [0.29, 0.717) is 13.1 Å². The highest BCUT2D eigenvalue weighted by Gasteiger charge is 2.25. The molecule has 0 unspecified atom stereocenters. The van der Waals surface area contributed by atoms with Crippen molar-refractivity contribution in [3.8, 4) is 5.75 Å². The predicted molar refractivity (Wildman–Crippen MR) is 90.7 cm³/mol. The van der Waals surface area contributed by atoms with Crippen molar-refractivity contribution in [1.29, 1.82) is 0 Å². The van der Waals surface area contributed by atoms with Crippen LogP contribution in [0.5, 0.6) is 5.75 Å². The molecule has 2 N–H and O–H groups in total. The second-order valence-electron chi connectivity index (χ2n) is 6.85. The molecule has 0 atom stereocenters. The van der Waals surface area contributed by atoms with Crippen molar-refractivity contribution < 1.29 is 14.6 Å². The van der Waals surface area contributed by atoms with Crippen molar-refractivity contribution in [2.45, 2.75) is 32.9 Å². The minimum Gasteiger partial charge on any atom is -0.506 e. The summed E-state index contributed by atoms with van der Waals surface area (Å²) >= 11 is 0. The highest BCUT2D eigenvalue weighted by atomic mass is 16.6. The summed E-state index contributed by atoms with van der Waals surface area (Å²) in [6.07, 6.45) is -0.237. The van der Waals surface area contributed by atoms with Gasteiger partial charge >= 0.3 is 6.09 Å². The normalized spacial score (nSPS) is 16.3. The minimum atomic E-state index is -0.455. The molecule has 1 aliphatic heterocycles. The molecule has 1 heterocycles. The van der Waals surface area contributed by atoms with Crippen LogP contribution in [0.4, 0.5) is 10.5 Å². The molecular formula is C17H27N3O3. The largest absolute Gasteiger partial charge is 0.506 e. The van der Waals surface area contributed by atoms with Gasteiger partial charge < -0.3 is 20.1 Å². The number of anilines is 1. The lowest BCUT2D eigenvalue weighted by molar-refractivity contribution is 0.0139. The van der Waals surface area contributed by atoms with E-state index in [-0.39, 0.29) is 11.8 Å². The number of hydrogen-bond acceptors (Lipinski definition) is 5. The first-order valence-corrected chi connectivity index (χ1v) is 7.98. The molecule has 1 aliphatic rings. The zero-order chi connectivity index (χ0) is 17.0. The fourth-order valence-electron chi connectivity index (χ4n) is 2.56. The van der Waals surface area contributed by atoms with Crippen LogP contribution in [0.3, 0.4) is 0 Å². The lowest BCUT2D eigenvalue weighted by Crippen LogP contribution is -2.49. The topological polar surface area (TPSA) is 65.0 Å². The highest BCUT2D eigenvalue weighted by molar-refractivity contribution is 5.68. The van der Waals surface area contributed by atoms with Gasteiger partial charge in [0.15, 0.2) is 0 Å². The summed E-state index contributed by atoms with van der Waals surface area (Å²) in [5, 5.41) is 12.7. The molecule has 1 amide bonds. The molecule has 0 spiro atoms. The summed E-state index contributed by atoms with van der Waals surface area (Å²) in [5.74, 6) is 0.256. The van der Waals surface area contributed by atoms with E-state index < -0.39 is 5.60 Å². The van der Waals surface area contributed by atoms with Gasteiger partial charge in [0.05, 0.1) is 5.69 Å². The molecule has 128 valence electrons. The van der Waals surface area contributed by atoms with E-state index >= 15 is 0 Å². The molecule has 2 rings (SSSR count). The van der Waals surface area contributed by atoms with Crippen molar-refractivity contribution in [3.05, 3.63) is 23.8 Å². The summed E-state index contributed by atoms with van der Waals surface area (Å²) < 4.78 is 5.41. The van der Waals surface area contributed by atoms with Crippen LogP contribution in [0.25, 0.3) is 0 Å². The lowest BCUT2D eigenvalue weighted by Gasteiger charge is -2.35. The van der Waals surface area contributed by atoms with Crippen LogP contribution < -0.4 is 5.32 Å². The van der Waals surface area contributed by atoms with Gasteiger partial charge in [-0.15, -0.1) is 0 Å². The van der Waals surface area contributed by atoms with Crippen molar-refractivity contribution in [3.63, 3.8) is 0 Å². The van der Waals surface area contributed by atoms with E-state index in [2.05, 4.69) is 10.2 Å². The van der Waals surface area contributed by atoms with E-state index in [1.165, 1.54) is 0 Å². The Bertz CT molecular complexity index is 547. The smallest absolute Gasteiger partial charge is 0.410 e. The third-order valence-electron chi connectivity index (χ3n) is 3.76. The number of aromatic hydroxyl groups is 1. The average Bonchev–Trinajstić information content (AvgIpc) is 2.48. The minimum absolute atomic E-state index is 0.237. The van der Waals surface area contributed by atoms with Gasteiger partial charge in [-0.1, -0.05) is 6.07 Å². The first-order chi connectivity index (χ1) is 10.8. The molecule has 0 aromatic heterocycles. The van der Waals surface area contributed by atoms with Gasteiger partial charge in [-0.05, 0) is 38.5 Å². The van der Waals surface area contributed by atoms with Crippen LogP contribution in [-0.2, 0) is 11.3 Å². The predicted octanol–water partition coefficient (Wildman–Crippen LogP) is 2.49. The van der Waals surface area contributed by atoms with E-state index in [9.17, 15) is 9.90 Å². The molecule has 23 heavy (non-hydrogen) atoms. The number of amides is 1. The average molecular weight is 321 g/mol. The molecule has 6 nitrogen and oxygen atoms in total. The Morgan fingerprint density at radius 1 is 1.26 bits per heavy atom. The van der Waals surface area contributed by atoms with Crippen LogP contribution in [-0.4, -0.2) is 59.8 Å². The van der Waals surface area contributed by atoms with Crippen LogP contribution in [0.1, 0.15) is 26.3 Å². The van der Waals surface area contributed by atoms with Gasteiger partial charge in [-0.25, -0.2) is 4.79 Å². The standard InChI is InChI=1S/C17H27N3O3/c1-17(2,3)23-16(22)20-9-7-19(8-10-20)12-13-5-6-15(21)14(11-13)18-4/h5-6,11,18,21H,7-10,12H2,1-4H3. The van der Waals surface area contributed by atoms with Crippen molar-refractivity contribution in [2.75, 3.05) is 38.5 Å². The zero-order valence-corrected chi connectivity index (χ0v) is 14.4. The Hall–Kier alpha value is -1.95. The number of hydrogen-bond donors (Lipinski definition) is 2. The number of rotatable bonds is 3. The fraction of sp³-hybridized carbons (Fsp3) is 0.588. The van der Waals surface area contributed by atoms with E-state index in [1.54, 1.807) is 18.0 Å². The Morgan fingerprint density at radius 3 is 2.48 bits per heavy atom. The number of nitrogens with one attached hydrogen (secondary N) is 1. The maximum atomic E-state index is 12.0. The maximum absolute atomic E-state index is 12.0. The fourth-order valence-corrected chi connectivity index (χ4v) is 2.56. The van der Waals surface area contributed by atoms with E-state index in [1.807, 2.05) is 32.9 Å². The van der Waals surface area contributed by atoms with Crippen molar-refractivity contribution >= 4 is 11.8 Å². The van der Waals surface area contributed by atoms with Crippen LogP contribution >= 0.6 is 0 Å². The number of nitrogens with zero attached hydrogens (tertiary/aromatic N) is 2. The first-order valence-electron chi connectivity index (χ1n) is 7.98. The molecule has 1 aromatic rings. The van der Waals surface area contributed by atoms with E-state index in [4.69, 9.17) is 4.74 Å². The van der Waals surface area contributed by atoms with E-state index in [0.717, 1.165) is 30.9 Å². The summed E-state index contributed by atoms with van der Waals surface area (Å²) in [5.41, 5.74) is 1.41. The second-order valence-corrected chi connectivity index (χ2v) is 6.85. The quantitative estimate of drug-likeness (QED) is 0.837. The number of ether oxygens (including phenoxy) is 1. The molecule has 1 aromatic carbocycles. The first kappa shape index (κ1) is 17.4. The molecule has 6 heteroatoms. The third kappa shape index (κ3) is 5.03. The van der Waals surface area contributed by atoms with Crippen molar-refractivity contribution in [1.82, 2.24) is 9.80 Å². The Balaban J connectivity index is 1.86. The van der Waals surface area contributed by atoms with Gasteiger partial charge in [-0.3, -0.25) is 4.90 Å². The molecule has 1 saturated heterocycles. The van der Waals surface area contributed by atoms with Gasteiger partial charge in [0.1, 0.15) is 11.4 Å². The summed E-state index contributed by atoms with van der Waals surface area (Å²) in [7, 11) is 1.79. The summed E-state index contributed by atoms with van der Waals surface area (Å²) in [4.78, 5) is 16.1. The van der Waals surface area contributed by atoms with Crippen LogP contribution in [0.15, 0.2) is 18.2 Å². The number of phenols is 1. The number of carbonyl (C=O) groups excluding carboxylic acids is 1. The lowest BCUT2D eigenvalue weighted by atomic mass is 10.1. The molecule has 0 saturated carbocycles. The summed E-state index contributed by atoms with van der Waals surface area (Å²) in [6.45, 7) is 9.42. The molecular weight excluding hydrogens is 294 g/mol. The summed E-state index contributed by atoms with van der Waals surface area (Å²) in [6, 6.07) is 5.59. The second kappa shape index (κ2) is 7.08. The SMILES string of the molecule is CNc1cc(CN2CCN(C(=O)OC(C)(C)C)CC2)ccc1O. The molecule has 0 bridgehead atoms. The number of phenolic OH excluding ortho intramolecular Hbond substituents is 1. The number of benzene rings is 1. The van der Waals surface area contributed by atoms with Crippen LogP contribution in [0.2, 0.25) is 0 Å². The third-order valence-corrected chi connectivity index (χ3v) is 3.76. The monoisotopic (exact) mass is 321 g/mol. The van der Waals surface area contributed by atoms with Crippen molar-refractivity contribution in [2.24, 2.45) is 0 Å². The number of piperazine rings is 1. The molecule has 0 aliphatic carbocycles. The van der Waals surface area contributed by atoms with Crippen LogP contribution in [0, 0.1) is 0 Å². The van der Waals surface area contributed by atoms with Gasteiger partial charge in [0.25, 0.3) is 0 Å². The Morgan fingerprint density at radius 2 is 1.91 bits per heavy atom. The Labute approximate surface area is 138 Å². The number of carbonyl (C=O) groups is 1. The molecule has 1 fully saturated rings. The highest BCUT2D eigenvalue weighted by Crippen LogP contribution is 2.24.